The van der Waals surface area contributed by atoms with E-state index in [-0.39, 0.29) is 0 Å². The number of hydrogen-bond acceptors (Lipinski definition) is 5. The molecule has 34 heavy (non-hydrogen) atoms. The van der Waals surface area contributed by atoms with Gasteiger partial charge in [-0.2, -0.15) is 11.8 Å². The van der Waals surface area contributed by atoms with Crippen molar-refractivity contribution in [3.8, 4) is 24.8 Å². The van der Waals surface area contributed by atoms with Gasteiger partial charge in [0.05, 0.1) is 0 Å². The maximum Gasteiger partial charge on any atom is 0.408 e. The molecule has 7 nitrogen and oxygen atoms in total. The Morgan fingerprint density at radius 1 is 1.18 bits per heavy atom. The number of terminal acetylenes is 2. The lowest BCUT2D eigenvalue weighted by atomic mass is 10.0. The lowest BCUT2D eigenvalue weighted by Gasteiger charge is -2.30. The first-order valence-corrected chi connectivity index (χ1v) is 12.6. The molecular formula is C26H35N3O4S. The van der Waals surface area contributed by atoms with Crippen molar-refractivity contribution in [3.63, 3.8) is 0 Å². The van der Waals surface area contributed by atoms with E-state index in [0.29, 0.717) is 29.8 Å². The Bertz CT molecular complexity index is 910. The van der Waals surface area contributed by atoms with Gasteiger partial charge >= 0.3 is 6.09 Å². The highest BCUT2D eigenvalue weighted by molar-refractivity contribution is 7.98. The summed E-state index contributed by atoms with van der Waals surface area (Å²) in [6.07, 6.45) is 14.4. The number of unbranched alkanes of at least 4 members (excludes halogenated alkanes) is 1. The molecule has 0 aliphatic rings. The molecule has 0 bridgehead atoms. The second-order valence-corrected chi connectivity index (χ2v) is 9.62. The van der Waals surface area contributed by atoms with Gasteiger partial charge in [0.2, 0.25) is 5.91 Å². The van der Waals surface area contributed by atoms with Gasteiger partial charge in [-0.1, -0.05) is 37.8 Å². The predicted octanol–water partition coefficient (Wildman–Crippen LogP) is 3.69. The maximum atomic E-state index is 13.5. The Hall–Kier alpha value is -3.10. The van der Waals surface area contributed by atoms with Crippen LogP contribution in [0.1, 0.15) is 64.1 Å². The molecule has 184 valence electrons. The van der Waals surface area contributed by atoms with Crippen LogP contribution in [0.2, 0.25) is 0 Å². The summed E-state index contributed by atoms with van der Waals surface area (Å²) in [5.74, 6) is 2.14. The number of rotatable bonds is 11. The quantitative estimate of drug-likeness (QED) is 0.284. The van der Waals surface area contributed by atoms with Crippen LogP contribution in [0.25, 0.3) is 0 Å². The highest BCUT2D eigenvalue weighted by Crippen LogP contribution is 2.23. The second-order valence-electron chi connectivity index (χ2n) is 8.63. The molecule has 0 aromatic heterocycles. The molecule has 2 unspecified atom stereocenters. The van der Waals surface area contributed by atoms with Gasteiger partial charge in [-0.3, -0.25) is 14.5 Å². The second kappa shape index (κ2) is 14.2. The Morgan fingerprint density at radius 3 is 2.32 bits per heavy atom. The Balaban J connectivity index is 3.31. The third-order valence-corrected chi connectivity index (χ3v) is 5.35. The Labute approximate surface area is 207 Å². The van der Waals surface area contributed by atoms with Crippen LogP contribution >= 0.6 is 11.8 Å². The van der Waals surface area contributed by atoms with E-state index in [4.69, 9.17) is 17.6 Å². The molecule has 1 aromatic rings. The topological polar surface area (TPSA) is 87.7 Å². The lowest BCUT2D eigenvalue weighted by Crippen LogP contribution is -2.51. The zero-order valence-electron chi connectivity index (χ0n) is 20.6. The molecule has 1 rings (SSSR count). The zero-order chi connectivity index (χ0) is 25.7. The summed E-state index contributed by atoms with van der Waals surface area (Å²) in [5, 5.41) is 5.47. The van der Waals surface area contributed by atoms with Crippen LogP contribution in [0.3, 0.4) is 0 Å². The predicted molar refractivity (Wildman–Crippen MR) is 137 cm³/mol. The van der Waals surface area contributed by atoms with Gasteiger partial charge in [0.25, 0.3) is 5.91 Å². The third kappa shape index (κ3) is 9.41. The summed E-state index contributed by atoms with van der Waals surface area (Å²) in [4.78, 5) is 40.2. The first-order chi connectivity index (χ1) is 16.1. The van der Waals surface area contributed by atoms with Crippen LogP contribution in [0, 0.1) is 24.8 Å². The molecule has 0 radical (unpaired) electrons. The largest absolute Gasteiger partial charge is 0.444 e. The van der Waals surface area contributed by atoms with E-state index in [0.717, 1.165) is 17.7 Å². The molecule has 2 N–H and O–H groups in total. The summed E-state index contributed by atoms with van der Waals surface area (Å²) in [6, 6.07) is 7.04. The van der Waals surface area contributed by atoms with Gasteiger partial charge in [0, 0.05) is 18.2 Å². The van der Waals surface area contributed by atoms with E-state index in [1.54, 1.807) is 45.0 Å². The number of amides is 3. The minimum absolute atomic E-state index is 0.317. The van der Waals surface area contributed by atoms with Crippen LogP contribution in [-0.2, 0) is 14.3 Å². The van der Waals surface area contributed by atoms with Crippen LogP contribution in [-0.4, -0.2) is 53.0 Å². The zero-order valence-corrected chi connectivity index (χ0v) is 21.5. The fraction of sp³-hybridized carbons (Fsp3) is 0.500. The van der Waals surface area contributed by atoms with Crippen molar-refractivity contribution in [1.82, 2.24) is 15.5 Å². The van der Waals surface area contributed by atoms with Gasteiger partial charge in [-0.15, -0.1) is 6.42 Å². The first-order valence-electron chi connectivity index (χ1n) is 11.2. The van der Waals surface area contributed by atoms with Gasteiger partial charge in [0.1, 0.15) is 17.7 Å². The number of carbonyl (C=O) groups excluding carboxylic acids is 3. The highest BCUT2D eigenvalue weighted by atomic mass is 32.2. The molecule has 0 fully saturated rings. The van der Waals surface area contributed by atoms with Crippen LogP contribution < -0.4 is 10.6 Å². The molecule has 0 saturated carbocycles. The number of ether oxygens (including phenoxy) is 1. The molecular weight excluding hydrogens is 450 g/mol. The Kier molecular flexibility index (Phi) is 12.1. The number of thioether (sulfide) groups is 1. The number of nitrogens with one attached hydrogen (secondary N) is 2. The average Bonchev–Trinajstić information content (AvgIpc) is 2.78. The molecule has 3 amide bonds. The summed E-state index contributed by atoms with van der Waals surface area (Å²) in [7, 11) is 0. The van der Waals surface area contributed by atoms with Gasteiger partial charge < -0.3 is 15.4 Å². The molecule has 0 aliphatic heterocycles. The van der Waals surface area contributed by atoms with Gasteiger partial charge in [-0.05, 0) is 63.3 Å². The molecule has 2 atom stereocenters. The monoisotopic (exact) mass is 485 g/mol. The summed E-state index contributed by atoms with van der Waals surface area (Å²) in [6.45, 7) is 7.66. The lowest BCUT2D eigenvalue weighted by molar-refractivity contribution is -0.138. The van der Waals surface area contributed by atoms with E-state index < -0.39 is 35.6 Å². The van der Waals surface area contributed by atoms with E-state index in [9.17, 15) is 14.4 Å². The third-order valence-electron chi connectivity index (χ3n) is 4.71. The van der Waals surface area contributed by atoms with Crippen LogP contribution in [0.15, 0.2) is 24.3 Å². The number of carbonyl (C=O) groups is 3. The fourth-order valence-corrected chi connectivity index (χ4v) is 3.51. The smallest absolute Gasteiger partial charge is 0.408 e. The first kappa shape index (κ1) is 28.9. The molecule has 1 aromatic carbocycles. The van der Waals surface area contributed by atoms with E-state index in [1.165, 1.54) is 11.8 Å². The van der Waals surface area contributed by atoms with Gasteiger partial charge in [0.15, 0.2) is 0 Å². The van der Waals surface area contributed by atoms with Crippen molar-refractivity contribution in [3.05, 3.63) is 35.4 Å². The standard InChI is InChI=1S/C26H35N3O4S/c1-8-11-17-27-23(30)22(20-14-12-19(9-2)13-15-20)29(10-3)24(31)21(16-18-34-7)28-25(32)33-26(4,5)6/h2-3,12-15,21-22H,8,11,16-18H2,1,4-7H3,(H,27,30)(H,28,32). The van der Waals surface area contributed by atoms with Gasteiger partial charge in [-0.25, -0.2) is 4.79 Å². The van der Waals surface area contributed by atoms with Crippen molar-refractivity contribution >= 4 is 29.7 Å². The fourth-order valence-electron chi connectivity index (χ4n) is 3.04. The average molecular weight is 486 g/mol. The minimum atomic E-state index is -1.08. The highest BCUT2D eigenvalue weighted by Gasteiger charge is 2.35. The molecule has 0 heterocycles. The van der Waals surface area contributed by atoms with Crippen molar-refractivity contribution < 1.29 is 19.1 Å². The van der Waals surface area contributed by atoms with Crippen molar-refractivity contribution in [2.75, 3.05) is 18.6 Å². The van der Waals surface area contributed by atoms with Crippen LogP contribution in [0.5, 0.6) is 0 Å². The SMILES string of the molecule is C#Cc1ccc(C(C(=O)NCCCC)N(C#C)C(=O)C(CCSC)NC(=O)OC(C)(C)C)cc1. The van der Waals surface area contributed by atoms with Crippen molar-refractivity contribution in [2.24, 2.45) is 0 Å². The van der Waals surface area contributed by atoms with Crippen LogP contribution in [0.4, 0.5) is 4.79 Å². The number of hydrogen-bond donors (Lipinski definition) is 2. The van der Waals surface area contributed by atoms with E-state index >= 15 is 0 Å². The number of nitrogens with zero attached hydrogens (tertiary/aromatic N) is 1. The maximum absolute atomic E-state index is 13.5. The van der Waals surface area contributed by atoms with E-state index in [1.807, 2.05) is 13.2 Å². The number of benzene rings is 1. The molecule has 0 saturated heterocycles. The van der Waals surface area contributed by atoms with E-state index in [2.05, 4.69) is 22.6 Å². The molecule has 8 heteroatoms. The number of alkyl carbamates (subject to hydrolysis) is 1. The van der Waals surface area contributed by atoms with Crippen molar-refractivity contribution in [1.29, 1.82) is 0 Å². The minimum Gasteiger partial charge on any atom is -0.444 e. The molecule has 0 spiro atoms. The normalized spacial score (nSPS) is 12.4. The summed E-state index contributed by atoms with van der Waals surface area (Å²) in [5.41, 5.74) is 0.417. The summed E-state index contributed by atoms with van der Waals surface area (Å²) >= 11 is 1.52. The summed E-state index contributed by atoms with van der Waals surface area (Å²) < 4.78 is 5.32. The Morgan fingerprint density at radius 2 is 1.82 bits per heavy atom. The van der Waals surface area contributed by atoms with Crippen molar-refractivity contribution in [2.45, 2.75) is 64.6 Å². The molecule has 0 aliphatic carbocycles.